The Kier molecular flexibility index (Phi) is 12.2. The van der Waals surface area contributed by atoms with E-state index in [2.05, 4.69) is 13.0 Å². The number of carbonyl (C=O) groups excluding carboxylic acids is 1. The van der Waals surface area contributed by atoms with E-state index >= 15 is 0 Å². The molecule has 3 aliphatic rings. The minimum absolute atomic E-state index is 0.00821. The van der Waals surface area contributed by atoms with Gasteiger partial charge in [0.1, 0.15) is 5.75 Å². The maximum Gasteiger partial charge on any atom is 0.453 e. The fourth-order valence-corrected chi connectivity index (χ4v) is 9.06. The lowest BCUT2D eigenvalue weighted by atomic mass is 9.52. The van der Waals surface area contributed by atoms with Crippen molar-refractivity contribution < 1.29 is 41.7 Å². The van der Waals surface area contributed by atoms with E-state index in [0.717, 1.165) is 77.0 Å². The fraction of sp³-hybridized carbons (Fsp3) is 0.806. The highest BCUT2D eigenvalue weighted by atomic mass is 19.4. The predicted octanol–water partition coefficient (Wildman–Crippen LogP) is 9.89. The summed E-state index contributed by atoms with van der Waals surface area (Å²) in [5.74, 6) is -3.41. The number of phenols is 1. The highest BCUT2D eigenvalue weighted by Gasteiger charge is 2.57. The average molecular weight is 645 g/mol. The van der Waals surface area contributed by atoms with Gasteiger partial charge >= 0.3 is 18.1 Å². The number of alkyl halides is 5. The normalized spacial score (nSPS) is 28.7. The van der Waals surface area contributed by atoms with E-state index in [0.29, 0.717) is 42.3 Å². The van der Waals surface area contributed by atoms with Gasteiger partial charge in [0.05, 0.1) is 18.6 Å². The van der Waals surface area contributed by atoms with E-state index in [1.165, 1.54) is 11.1 Å². The number of aromatic hydroxyl groups is 1. The summed E-state index contributed by atoms with van der Waals surface area (Å²) >= 11 is 0. The van der Waals surface area contributed by atoms with E-state index in [9.17, 15) is 37.0 Å². The molecule has 9 heteroatoms. The van der Waals surface area contributed by atoms with Crippen LogP contribution in [-0.2, 0) is 16.0 Å². The summed E-state index contributed by atoms with van der Waals surface area (Å²) in [7, 11) is 0. The summed E-state index contributed by atoms with van der Waals surface area (Å²) in [6.07, 6.45) is 6.22. The second-order valence-corrected chi connectivity index (χ2v) is 14.4. The van der Waals surface area contributed by atoms with Crippen molar-refractivity contribution in [3.63, 3.8) is 0 Å². The number of unbranched alkanes of at least 4 members (excludes halogenated alkanes) is 6. The van der Waals surface area contributed by atoms with Gasteiger partial charge < -0.3 is 14.9 Å². The lowest BCUT2D eigenvalue weighted by molar-refractivity contribution is -0.284. The minimum Gasteiger partial charge on any atom is -0.508 e. The number of aliphatic hydroxyl groups excluding tert-OH is 1. The molecule has 1 aromatic carbocycles. The molecule has 0 aliphatic heterocycles. The summed E-state index contributed by atoms with van der Waals surface area (Å²) in [5, 5.41) is 21.1. The van der Waals surface area contributed by atoms with E-state index in [1.807, 2.05) is 12.1 Å². The van der Waals surface area contributed by atoms with Crippen molar-refractivity contribution >= 4 is 5.97 Å². The van der Waals surface area contributed by atoms with Crippen LogP contribution in [0, 0.1) is 29.1 Å². The number of fused-ring (bicyclic) bond motifs is 5. The third kappa shape index (κ3) is 8.53. The van der Waals surface area contributed by atoms with Gasteiger partial charge in [-0.15, -0.1) is 0 Å². The molecule has 1 aromatic rings. The molecular weight excluding hydrogens is 591 g/mol. The number of benzene rings is 1. The topological polar surface area (TPSA) is 66.8 Å². The van der Waals surface area contributed by atoms with Crippen LogP contribution in [0.5, 0.6) is 5.75 Å². The monoisotopic (exact) mass is 644 g/mol. The van der Waals surface area contributed by atoms with Crippen LogP contribution in [0.4, 0.5) is 22.0 Å². The van der Waals surface area contributed by atoms with Gasteiger partial charge in [-0.2, -0.15) is 22.0 Å². The second-order valence-electron chi connectivity index (χ2n) is 14.4. The molecule has 2 saturated carbocycles. The molecular formula is C36H53F5O4. The van der Waals surface area contributed by atoms with Gasteiger partial charge in [-0.1, -0.05) is 57.9 Å². The highest BCUT2D eigenvalue weighted by Crippen LogP contribution is 2.62. The van der Waals surface area contributed by atoms with Gasteiger partial charge in [0.25, 0.3) is 0 Å². The Morgan fingerprint density at radius 3 is 2.33 bits per heavy atom. The Morgan fingerprint density at radius 1 is 0.978 bits per heavy atom. The summed E-state index contributed by atoms with van der Waals surface area (Å²) in [4.78, 5) is 12.3. The molecule has 0 heterocycles. The molecule has 2 fully saturated rings. The number of halogens is 5. The van der Waals surface area contributed by atoms with Gasteiger partial charge in [-0.3, -0.25) is 4.79 Å². The molecule has 3 aliphatic carbocycles. The zero-order valence-corrected chi connectivity index (χ0v) is 27.0. The maximum atomic E-state index is 13.3. The number of hydrogen-bond donors (Lipinski definition) is 2. The molecule has 4 rings (SSSR count). The van der Waals surface area contributed by atoms with Crippen molar-refractivity contribution in [3.05, 3.63) is 29.3 Å². The molecule has 0 saturated heterocycles. The van der Waals surface area contributed by atoms with Crippen molar-refractivity contribution in [1.82, 2.24) is 0 Å². The first-order valence-electron chi connectivity index (χ1n) is 17.4. The first-order chi connectivity index (χ1) is 21.3. The Balaban J connectivity index is 1.19. The number of carbonyl (C=O) groups is 1. The lowest BCUT2D eigenvalue weighted by Gasteiger charge is -2.53. The molecule has 0 spiro atoms. The van der Waals surface area contributed by atoms with Crippen LogP contribution in [0.15, 0.2) is 18.2 Å². The summed E-state index contributed by atoms with van der Waals surface area (Å²) < 4.78 is 69.0. The van der Waals surface area contributed by atoms with Crippen LogP contribution >= 0.6 is 0 Å². The third-order valence-corrected chi connectivity index (χ3v) is 11.5. The largest absolute Gasteiger partial charge is 0.508 e. The van der Waals surface area contributed by atoms with Gasteiger partial charge in [0.2, 0.25) is 0 Å². The van der Waals surface area contributed by atoms with Crippen molar-refractivity contribution in [2.45, 2.75) is 147 Å². The average Bonchev–Trinajstić information content (AvgIpc) is 3.28. The number of ether oxygens (including phenoxy) is 1. The third-order valence-electron chi connectivity index (χ3n) is 11.5. The summed E-state index contributed by atoms with van der Waals surface area (Å²) in [6, 6.07) is 5.92. The smallest absolute Gasteiger partial charge is 0.453 e. The second kappa shape index (κ2) is 15.3. The molecule has 1 unspecified atom stereocenters. The van der Waals surface area contributed by atoms with Crippen molar-refractivity contribution in [2.24, 2.45) is 29.1 Å². The molecule has 0 amide bonds. The minimum atomic E-state index is -5.57. The van der Waals surface area contributed by atoms with Crippen LogP contribution < -0.4 is 0 Å². The lowest BCUT2D eigenvalue weighted by Crippen LogP contribution is -2.47. The molecule has 45 heavy (non-hydrogen) atoms. The standard InChI is InChI=1S/C36H53F5O4/c1-3-45-33(44)24(14-11-20-35(37,38)36(39,40)41)12-9-7-5-4-6-8-10-13-25-22-26-23-27(42)15-16-28(26)29-19-21-34(2)30(32(25)29)17-18-31(34)43/h15-16,23-25,29-32,42-43H,3-14,17-22H2,1-2H3/t24?,25-,29-,30+,31+,32-,34+/m1/s1. The molecule has 2 N–H and O–H groups in total. The van der Waals surface area contributed by atoms with Gasteiger partial charge in [0.15, 0.2) is 0 Å². The Morgan fingerprint density at radius 2 is 1.64 bits per heavy atom. The molecule has 0 radical (unpaired) electrons. The number of hydrogen-bond acceptors (Lipinski definition) is 4. The number of rotatable bonds is 16. The summed E-state index contributed by atoms with van der Waals surface area (Å²) in [6.45, 7) is 4.10. The van der Waals surface area contributed by atoms with Crippen LogP contribution in [-0.4, -0.2) is 41.0 Å². The van der Waals surface area contributed by atoms with Crippen LogP contribution in [0.25, 0.3) is 0 Å². The quantitative estimate of drug-likeness (QED) is 0.107. The first-order valence-corrected chi connectivity index (χ1v) is 17.4. The Labute approximate surface area is 265 Å². The maximum absolute atomic E-state index is 13.3. The SMILES string of the molecule is CCOC(=O)C(CCCCCCCCC[C@@H]1Cc2cc(O)ccc2[C@H]2CC[C@]3(C)[C@@H](O)CC[C@H]3[C@H]12)CCCC(F)(F)C(F)(F)F. The van der Waals surface area contributed by atoms with E-state index in [4.69, 9.17) is 4.74 Å². The fourth-order valence-electron chi connectivity index (χ4n) is 9.06. The number of esters is 1. The van der Waals surface area contributed by atoms with Crippen LogP contribution in [0.3, 0.4) is 0 Å². The zero-order chi connectivity index (χ0) is 32.8. The molecule has 4 nitrogen and oxygen atoms in total. The van der Waals surface area contributed by atoms with Crippen molar-refractivity contribution in [2.75, 3.05) is 6.61 Å². The highest BCUT2D eigenvalue weighted by molar-refractivity contribution is 5.72. The Bertz CT molecular complexity index is 1110. The molecule has 7 atom stereocenters. The predicted molar refractivity (Wildman–Crippen MR) is 164 cm³/mol. The van der Waals surface area contributed by atoms with E-state index in [-0.39, 0.29) is 31.0 Å². The van der Waals surface area contributed by atoms with Crippen molar-refractivity contribution in [3.8, 4) is 5.75 Å². The van der Waals surface area contributed by atoms with E-state index in [1.54, 1.807) is 6.92 Å². The molecule has 0 bridgehead atoms. The molecule has 256 valence electrons. The van der Waals surface area contributed by atoms with E-state index < -0.39 is 30.4 Å². The van der Waals surface area contributed by atoms with Gasteiger partial charge in [-0.05, 0) is 117 Å². The van der Waals surface area contributed by atoms with Crippen LogP contribution in [0.1, 0.15) is 134 Å². The number of phenolic OH excluding ortho intramolecular Hbond substituents is 1. The number of aliphatic hydroxyl groups is 1. The van der Waals surface area contributed by atoms with Gasteiger partial charge in [0, 0.05) is 6.42 Å². The van der Waals surface area contributed by atoms with Crippen LogP contribution in [0.2, 0.25) is 0 Å². The first kappa shape index (κ1) is 35.9. The van der Waals surface area contributed by atoms with Crippen molar-refractivity contribution in [1.29, 1.82) is 0 Å². The zero-order valence-electron chi connectivity index (χ0n) is 27.0. The van der Waals surface area contributed by atoms with Gasteiger partial charge in [-0.25, -0.2) is 0 Å². The Hall–Kier alpha value is -1.90. The molecule has 0 aromatic heterocycles. The summed E-state index contributed by atoms with van der Waals surface area (Å²) in [5.41, 5.74) is 2.70.